The molecule has 0 aromatic rings. The monoisotopic (exact) mass is 392 g/mol. The topological polar surface area (TPSA) is 82.1 Å². The number of hydrogen-bond acceptors (Lipinski definition) is 5. The van der Waals surface area contributed by atoms with Crippen molar-refractivity contribution in [2.75, 3.05) is 13.2 Å². The van der Waals surface area contributed by atoms with Gasteiger partial charge >= 0.3 is 13.8 Å². The summed E-state index contributed by atoms with van der Waals surface area (Å²) in [4.78, 5) is 20.6. The molecule has 0 amide bonds. The van der Waals surface area contributed by atoms with Gasteiger partial charge in [0.25, 0.3) is 0 Å². The summed E-state index contributed by atoms with van der Waals surface area (Å²) in [5.74, 6) is -0.281. The molecule has 0 aromatic carbocycles. The summed E-state index contributed by atoms with van der Waals surface area (Å²) in [6.07, 6.45) is 16.2. The first kappa shape index (κ1) is 23.6. The first-order valence-electron chi connectivity index (χ1n) is 10.3. The molecular formula is C19H37O6P. The smallest absolute Gasteiger partial charge is 0.463 e. The summed E-state index contributed by atoms with van der Waals surface area (Å²) in [5.41, 5.74) is 0. The van der Waals surface area contributed by atoms with E-state index in [1.54, 1.807) is 0 Å². The Hall–Kier alpha value is -0.420. The molecule has 1 unspecified atom stereocenters. The Labute approximate surface area is 158 Å². The maximum Gasteiger partial charge on any atom is 0.472 e. The van der Waals surface area contributed by atoms with E-state index in [0.717, 1.165) is 19.3 Å². The molecule has 0 radical (unpaired) electrons. The average molecular weight is 392 g/mol. The number of ether oxygens (including phenoxy) is 1. The van der Waals surface area contributed by atoms with Gasteiger partial charge in [-0.15, -0.1) is 0 Å². The molecule has 6 nitrogen and oxygen atoms in total. The van der Waals surface area contributed by atoms with E-state index in [2.05, 4.69) is 11.4 Å². The van der Waals surface area contributed by atoms with Gasteiger partial charge in [-0.3, -0.25) is 13.8 Å². The lowest BCUT2D eigenvalue weighted by Gasteiger charge is -2.08. The van der Waals surface area contributed by atoms with Gasteiger partial charge in [0.05, 0.1) is 6.61 Å². The lowest BCUT2D eigenvalue weighted by Crippen LogP contribution is -2.20. The van der Waals surface area contributed by atoms with E-state index in [4.69, 9.17) is 14.2 Å². The van der Waals surface area contributed by atoms with Crippen molar-refractivity contribution in [3.63, 3.8) is 0 Å². The summed E-state index contributed by atoms with van der Waals surface area (Å²) in [5, 5.41) is 0. The van der Waals surface area contributed by atoms with Crippen LogP contribution in [0.5, 0.6) is 0 Å². The molecule has 0 aromatic heterocycles. The zero-order valence-corrected chi connectivity index (χ0v) is 17.2. The van der Waals surface area contributed by atoms with Crippen LogP contribution < -0.4 is 0 Å². The standard InChI is InChI=1S/C19H37O6P/c1-2-3-4-5-6-7-8-9-10-11-12-13-14-15-19(20)23-16-18-17-24-26(21,22)25-18/h18H,2-17H2,1H3,(H,21,22)/t18-/m0/s1. The van der Waals surface area contributed by atoms with Crippen molar-refractivity contribution < 1.29 is 28.0 Å². The highest BCUT2D eigenvalue weighted by Gasteiger charge is 2.35. The van der Waals surface area contributed by atoms with Crippen molar-refractivity contribution in [3.05, 3.63) is 0 Å². The van der Waals surface area contributed by atoms with Crippen LogP contribution in [0.2, 0.25) is 0 Å². The summed E-state index contributed by atoms with van der Waals surface area (Å²) in [6, 6.07) is 0. The highest BCUT2D eigenvalue weighted by atomic mass is 31.2. The number of carbonyl (C=O) groups excluding carboxylic acids is 1. The van der Waals surface area contributed by atoms with Crippen molar-refractivity contribution in [1.29, 1.82) is 0 Å². The summed E-state index contributed by atoms with van der Waals surface area (Å²) in [6.45, 7) is 2.21. The highest BCUT2D eigenvalue weighted by molar-refractivity contribution is 7.47. The quantitative estimate of drug-likeness (QED) is 0.211. The van der Waals surface area contributed by atoms with Crippen LogP contribution in [-0.4, -0.2) is 30.2 Å². The third kappa shape index (κ3) is 12.9. The first-order valence-corrected chi connectivity index (χ1v) is 11.8. The van der Waals surface area contributed by atoms with Crippen molar-refractivity contribution in [2.24, 2.45) is 0 Å². The number of unbranched alkanes of at least 4 members (excludes halogenated alkanes) is 12. The van der Waals surface area contributed by atoms with Crippen molar-refractivity contribution in [3.8, 4) is 0 Å². The van der Waals surface area contributed by atoms with Crippen LogP contribution in [0.25, 0.3) is 0 Å². The third-order valence-electron chi connectivity index (χ3n) is 4.62. The number of esters is 1. The zero-order chi connectivity index (χ0) is 19.1. The fraction of sp³-hybridized carbons (Fsp3) is 0.947. The Bertz CT molecular complexity index is 415. The van der Waals surface area contributed by atoms with Gasteiger partial charge < -0.3 is 9.63 Å². The molecule has 1 fully saturated rings. The first-order chi connectivity index (χ1) is 12.5. The fourth-order valence-electron chi connectivity index (χ4n) is 3.05. The van der Waals surface area contributed by atoms with E-state index in [-0.39, 0.29) is 19.2 Å². The molecule has 1 N–H and O–H groups in total. The molecule has 1 saturated heterocycles. The van der Waals surface area contributed by atoms with Crippen molar-refractivity contribution in [2.45, 2.75) is 103 Å². The predicted molar refractivity (Wildman–Crippen MR) is 102 cm³/mol. The number of rotatable bonds is 16. The Kier molecular flexibility index (Phi) is 13.3. The third-order valence-corrected chi connectivity index (χ3v) is 5.66. The molecule has 0 saturated carbocycles. The van der Waals surface area contributed by atoms with Crippen molar-refractivity contribution in [1.82, 2.24) is 0 Å². The SMILES string of the molecule is CCCCCCCCCCCCCCCC(=O)OC[C@H]1COP(=O)(O)O1. The molecule has 2 atom stereocenters. The number of hydrogen-bond donors (Lipinski definition) is 1. The van der Waals surface area contributed by atoms with Crippen LogP contribution in [0.4, 0.5) is 0 Å². The Morgan fingerprint density at radius 3 is 1.92 bits per heavy atom. The van der Waals surface area contributed by atoms with Crippen LogP contribution >= 0.6 is 7.82 Å². The van der Waals surface area contributed by atoms with Gasteiger partial charge in [-0.05, 0) is 6.42 Å². The molecule has 1 aliphatic heterocycles. The van der Waals surface area contributed by atoms with Gasteiger partial charge in [0.15, 0.2) is 0 Å². The Morgan fingerprint density at radius 1 is 0.962 bits per heavy atom. The maximum atomic E-state index is 11.6. The minimum absolute atomic E-state index is 0.0141. The van der Waals surface area contributed by atoms with Gasteiger partial charge in [0, 0.05) is 6.42 Å². The maximum absolute atomic E-state index is 11.6. The van der Waals surface area contributed by atoms with E-state index >= 15 is 0 Å². The molecular weight excluding hydrogens is 355 g/mol. The molecule has 154 valence electrons. The van der Waals surface area contributed by atoms with Crippen LogP contribution in [0.1, 0.15) is 96.8 Å². The van der Waals surface area contributed by atoms with Gasteiger partial charge in [0.1, 0.15) is 12.7 Å². The fourth-order valence-corrected chi connectivity index (χ4v) is 3.96. The van der Waals surface area contributed by atoms with E-state index in [1.165, 1.54) is 64.2 Å². The Balaban J connectivity index is 1.80. The molecule has 0 aliphatic carbocycles. The highest BCUT2D eigenvalue weighted by Crippen LogP contribution is 2.49. The van der Waals surface area contributed by atoms with E-state index in [0.29, 0.717) is 6.42 Å². The molecule has 26 heavy (non-hydrogen) atoms. The summed E-state index contributed by atoms with van der Waals surface area (Å²) in [7, 11) is -3.90. The van der Waals surface area contributed by atoms with Crippen LogP contribution in [0.3, 0.4) is 0 Å². The van der Waals surface area contributed by atoms with Gasteiger partial charge in [-0.2, -0.15) is 0 Å². The molecule has 7 heteroatoms. The van der Waals surface area contributed by atoms with Crippen LogP contribution in [0, 0.1) is 0 Å². The van der Waals surface area contributed by atoms with E-state index in [9.17, 15) is 9.36 Å². The number of phosphoric ester groups is 1. The predicted octanol–water partition coefficient (Wildman–Crippen LogP) is 5.53. The largest absolute Gasteiger partial charge is 0.472 e. The van der Waals surface area contributed by atoms with E-state index in [1.807, 2.05) is 0 Å². The van der Waals surface area contributed by atoms with Gasteiger partial charge in [-0.25, -0.2) is 4.57 Å². The van der Waals surface area contributed by atoms with Gasteiger partial charge in [0.2, 0.25) is 0 Å². The van der Waals surface area contributed by atoms with Gasteiger partial charge in [-0.1, -0.05) is 84.0 Å². The second kappa shape index (κ2) is 14.6. The molecule has 1 rings (SSSR count). The lowest BCUT2D eigenvalue weighted by molar-refractivity contribution is -0.146. The van der Waals surface area contributed by atoms with Crippen LogP contribution in [0.15, 0.2) is 0 Å². The van der Waals surface area contributed by atoms with E-state index < -0.39 is 13.9 Å². The molecule has 1 heterocycles. The summed E-state index contributed by atoms with van der Waals surface area (Å²) >= 11 is 0. The molecule has 0 bridgehead atoms. The normalized spacial score (nSPS) is 22.6. The summed E-state index contributed by atoms with van der Waals surface area (Å²) < 4.78 is 25.4. The second-order valence-corrected chi connectivity index (χ2v) is 8.57. The minimum atomic E-state index is -3.90. The van der Waals surface area contributed by atoms with Crippen molar-refractivity contribution >= 4 is 13.8 Å². The molecule has 1 aliphatic rings. The number of phosphoric acid groups is 1. The van der Waals surface area contributed by atoms with Crippen LogP contribution in [-0.2, 0) is 23.1 Å². The zero-order valence-electron chi connectivity index (χ0n) is 16.3. The average Bonchev–Trinajstić information content (AvgIpc) is 2.96. The molecule has 0 spiro atoms. The minimum Gasteiger partial charge on any atom is -0.463 e. The lowest BCUT2D eigenvalue weighted by atomic mass is 10.0. The Morgan fingerprint density at radius 2 is 1.46 bits per heavy atom. The number of carbonyl (C=O) groups is 1. The second-order valence-electron chi connectivity index (χ2n) is 7.17.